The third kappa shape index (κ3) is 5.96. The van der Waals surface area contributed by atoms with Crippen LogP contribution in [0.5, 0.6) is 0 Å². The van der Waals surface area contributed by atoms with Gasteiger partial charge >= 0.3 is 18.4 Å². The first kappa shape index (κ1) is 27.6. The van der Waals surface area contributed by atoms with Crippen molar-refractivity contribution < 1.29 is 35.9 Å². The lowest BCUT2D eigenvalue weighted by atomic mass is 9.72. The number of benzene rings is 1. The van der Waals surface area contributed by atoms with Gasteiger partial charge in [0.05, 0.1) is 0 Å². The summed E-state index contributed by atoms with van der Waals surface area (Å²) < 4.78 is 80.3. The van der Waals surface area contributed by atoms with E-state index in [1.165, 1.54) is 12.8 Å². The van der Waals surface area contributed by atoms with Crippen LogP contribution in [0.4, 0.5) is 36.8 Å². The molecule has 0 unspecified atom stereocenters. The fourth-order valence-corrected chi connectivity index (χ4v) is 6.21. The van der Waals surface area contributed by atoms with E-state index in [-0.39, 0.29) is 18.5 Å². The maximum Gasteiger partial charge on any atom is 0.434 e. The van der Waals surface area contributed by atoms with Gasteiger partial charge in [-0.3, -0.25) is 9.80 Å². The molecule has 3 aliphatic heterocycles. The summed E-state index contributed by atoms with van der Waals surface area (Å²) in [6, 6.07) is 6.69. The Balaban J connectivity index is 1.13. The Morgan fingerprint density at radius 1 is 0.974 bits per heavy atom. The monoisotopic (exact) mass is 568 g/mol. The first-order valence-electron chi connectivity index (χ1n) is 12.9. The maximum absolute atomic E-state index is 12.7. The van der Waals surface area contributed by atoms with Crippen LogP contribution >= 0.6 is 11.6 Å². The zero-order valence-corrected chi connectivity index (χ0v) is 21.6. The molecule has 6 nitrogen and oxygen atoms in total. The fraction of sp³-hybridized carbons (Fsp3) is 0.720. The van der Waals surface area contributed by atoms with Crippen molar-refractivity contribution in [1.82, 2.24) is 14.7 Å². The molecule has 0 radical (unpaired) electrons. The van der Waals surface area contributed by atoms with Crippen molar-refractivity contribution in [1.29, 1.82) is 0 Å². The molecule has 4 fully saturated rings. The van der Waals surface area contributed by atoms with Gasteiger partial charge in [-0.25, -0.2) is 4.79 Å². The van der Waals surface area contributed by atoms with Gasteiger partial charge in [0.25, 0.3) is 6.10 Å². The summed E-state index contributed by atoms with van der Waals surface area (Å²) in [6.45, 7) is 6.18. The predicted octanol–water partition coefficient (Wildman–Crippen LogP) is 5.15. The number of piperazine rings is 1. The van der Waals surface area contributed by atoms with Gasteiger partial charge in [0, 0.05) is 81.2 Å². The van der Waals surface area contributed by atoms with E-state index in [2.05, 4.69) is 25.5 Å². The van der Waals surface area contributed by atoms with Gasteiger partial charge in [0.2, 0.25) is 0 Å². The summed E-state index contributed by atoms with van der Waals surface area (Å²) in [4.78, 5) is 20.2. The molecule has 0 aromatic heterocycles. The topological polar surface area (TPSA) is 39.3 Å². The van der Waals surface area contributed by atoms with Gasteiger partial charge in [-0.2, -0.15) is 26.3 Å². The number of likely N-dealkylation sites (tertiary alicyclic amines) is 2. The Morgan fingerprint density at radius 2 is 1.58 bits per heavy atom. The Morgan fingerprint density at radius 3 is 2.13 bits per heavy atom. The van der Waals surface area contributed by atoms with Crippen LogP contribution in [0, 0.1) is 5.41 Å². The Hall–Kier alpha value is -1.92. The SMILES string of the molecule is O=C(OC(C(F)(F)F)C(F)(F)F)N1CCC2(CC1)CN(Cc1c(Cl)cccc1N1CCN(C3CC3)CC1)C2. The molecule has 3 heterocycles. The molecule has 1 aliphatic carbocycles. The molecular weight excluding hydrogens is 538 g/mol. The average molecular weight is 569 g/mol. The molecular formula is C25H31ClF6N4O2. The number of ether oxygens (including phenoxy) is 1. The van der Waals surface area contributed by atoms with Crippen molar-refractivity contribution in [3.8, 4) is 0 Å². The summed E-state index contributed by atoms with van der Waals surface area (Å²) in [5, 5.41) is 0.703. The highest BCUT2D eigenvalue weighted by Crippen LogP contribution is 2.43. The van der Waals surface area contributed by atoms with E-state index in [4.69, 9.17) is 11.6 Å². The van der Waals surface area contributed by atoms with E-state index in [9.17, 15) is 31.1 Å². The fourth-order valence-electron chi connectivity index (χ4n) is 5.98. The van der Waals surface area contributed by atoms with E-state index < -0.39 is 24.5 Å². The number of halogens is 7. The lowest BCUT2D eigenvalue weighted by Crippen LogP contribution is -2.60. The number of carbonyl (C=O) groups is 1. The number of hydrogen-bond donors (Lipinski definition) is 0. The second-order valence-corrected chi connectivity index (χ2v) is 11.4. The molecule has 3 saturated heterocycles. The van der Waals surface area contributed by atoms with Gasteiger partial charge < -0.3 is 14.5 Å². The second kappa shape index (κ2) is 10.2. The van der Waals surface area contributed by atoms with E-state index >= 15 is 0 Å². The predicted molar refractivity (Wildman–Crippen MR) is 129 cm³/mol. The molecule has 0 bridgehead atoms. The van der Waals surface area contributed by atoms with E-state index in [0.717, 1.165) is 61.5 Å². The minimum absolute atomic E-state index is 0.0533. The van der Waals surface area contributed by atoms with E-state index in [1.54, 1.807) is 0 Å². The largest absolute Gasteiger partial charge is 0.434 e. The third-order valence-electron chi connectivity index (χ3n) is 8.21. The van der Waals surface area contributed by atoms with Crippen molar-refractivity contribution in [3.05, 3.63) is 28.8 Å². The summed E-state index contributed by atoms with van der Waals surface area (Å²) in [7, 11) is 0. The van der Waals surface area contributed by atoms with Gasteiger partial charge in [-0.15, -0.1) is 0 Å². The lowest BCUT2D eigenvalue weighted by Gasteiger charge is -2.54. The smallest absolute Gasteiger partial charge is 0.426 e. The summed E-state index contributed by atoms with van der Waals surface area (Å²) in [5.74, 6) is 0. The minimum Gasteiger partial charge on any atom is -0.426 e. The number of hydrogen-bond acceptors (Lipinski definition) is 5. The molecule has 1 spiro atoms. The van der Waals surface area contributed by atoms with Crippen LogP contribution in [-0.4, -0.2) is 97.6 Å². The van der Waals surface area contributed by atoms with E-state index in [0.29, 0.717) is 24.4 Å². The molecule has 4 aliphatic rings. The summed E-state index contributed by atoms with van der Waals surface area (Å²) >= 11 is 6.62. The van der Waals surface area contributed by atoms with Crippen LogP contribution in [0.25, 0.3) is 0 Å². The summed E-state index contributed by atoms with van der Waals surface area (Å²) in [5.41, 5.74) is 2.08. The molecule has 38 heavy (non-hydrogen) atoms. The molecule has 212 valence electrons. The molecule has 0 atom stereocenters. The highest BCUT2D eigenvalue weighted by atomic mass is 35.5. The van der Waals surface area contributed by atoms with Crippen molar-refractivity contribution in [2.45, 2.75) is 56.7 Å². The van der Waals surface area contributed by atoms with Crippen LogP contribution in [0.2, 0.25) is 5.02 Å². The van der Waals surface area contributed by atoms with Gasteiger partial charge in [-0.1, -0.05) is 17.7 Å². The van der Waals surface area contributed by atoms with Crippen LogP contribution in [0.3, 0.4) is 0 Å². The molecule has 1 saturated carbocycles. The zero-order chi connectivity index (χ0) is 27.3. The zero-order valence-electron chi connectivity index (χ0n) is 20.8. The standard InChI is InChI=1S/C25H31ClF6N4O2/c26-19-2-1-3-20(35-12-10-34(11-13-35)17-4-5-17)18(19)14-33-15-23(16-33)6-8-36(9-7-23)22(37)38-21(24(27,28)29)25(30,31)32/h1-3,17,21H,4-16H2. The molecule has 1 aromatic rings. The third-order valence-corrected chi connectivity index (χ3v) is 8.56. The molecule has 1 amide bonds. The van der Waals surface area contributed by atoms with Crippen molar-refractivity contribution in [2.24, 2.45) is 5.41 Å². The highest BCUT2D eigenvalue weighted by molar-refractivity contribution is 6.31. The first-order chi connectivity index (χ1) is 17.8. The first-order valence-corrected chi connectivity index (χ1v) is 13.3. The number of anilines is 1. The quantitative estimate of drug-likeness (QED) is 0.460. The number of alkyl halides is 6. The normalized spacial score (nSPS) is 23.2. The number of amides is 1. The van der Waals surface area contributed by atoms with E-state index in [1.807, 2.05) is 12.1 Å². The minimum atomic E-state index is -5.72. The Labute approximate surface area is 222 Å². The van der Waals surface area contributed by atoms with Gasteiger partial charge in [0.1, 0.15) is 0 Å². The molecule has 1 aromatic carbocycles. The second-order valence-electron chi connectivity index (χ2n) is 11.0. The van der Waals surface area contributed by atoms with Crippen LogP contribution < -0.4 is 4.90 Å². The average Bonchev–Trinajstić information content (AvgIpc) is 3.67. The van der Waals surface area contributed by atoms with Gasteiger partial charge in [-0.05, 0) is 43.2 Å². The number of nitrogens with zero attached hydrogens (tertiary/aromatic N) is 4. The Kier molecular flexibility index (Phi) is 7.45. The van der Waals surface area contributed by atoms with Crippen LogP contribution in [0.1, 0.15) is 31.2 Å². The maximum atomic E-state index is 12.7. The van der Waals surface area contributed by atoms with Crippen LogP contribution in [-0.2, 0) is 11.3 Å². The van der Waals surface area contributed by atoms with Crippen molar-refractivity contribution in [2.75, 3.05) is 57.3 Å². The molecule has 5 rings (SSSR count). The number of rotatable bonds is 5. The van der Waals surface area contributed by atoms with Crippen molar-refractivity contribution in [3.63, 3.8) is 0 Å². The van der Waals surface area contributed by atoms with Crippen LogP contribution in [0.15, 0.2) is 18.2 Å². The van der Waals surface area contributed by atoms with Crippen molar-refractivity contribution >= 4 is 23.4 Å². The number of piperidine rings is 1. The molecule has 13 heteroatoms. The molecule has 0 N–H and O–H groups in total. The Bertz CT molecular complexity index is 996. The van der Waals surface area contributed by atoms with Gasteiger partial charge in [0.15, 0.2) is 0 Å². The number of carbonyl (C=O) groups excluding carboxylic acids is 1. The highest BCUT2D eigenvalue weighted by Gasteiger charge is 2.60. The summed E-state index contributed by atoms with van der Waals surface area (Å²) in [6.07, 6.45) is -13.6. The lowest BCUT2D eigenvalue weighted by molar-refractivity contribution is -0.308.